The Morgan fingerprint density at radius 1 is 1.26 bits per heavy atom. The fraction of sp³-hybridized carbons (Fsp3) is 0.364. The van der Waals surface area contributed by atoms with Gasteiger partial charge in [-0.25, -0.2) is 0 Å². The minimum Gasteiger partial charge on any atom is -0.489 e. The molecule has 0 unspecified atom stereocenters. The normalized spacial score (nSPS) is 15.2. The van der Waals surface area contributed by atoms with Crippen molar-refractivity contribution in [3.8, 4) is 5.75 Å². The van der Waals surface area contributed by atoms with Crippen LogP contribution in [0.25, 0.3) is 6.08 Å². The topological polar surface area (TPSA) is 92.9 Å². The minimum absolute atomic E-state index is 0.105. The molecule has 2 heterocycles. The molecule has 0 radical (unpaired) electrons. The van der Waals surface area contributed by atoms with Crippen LogP contribution in [0.5, 0.6) is 5.75 Å². The molecule has 7 nitrogen and oxygen atoms in total. The summed E-state index contributed by atoms with van der Waals surface area (Å²) >= 11 is 6.63. The summed E-state index contributed by atoms with van der Waals surface area (Å²) in [6.07, 6.45) is 4.05. The van der Waals surface area contributed by atoms with Crippen LogP contribution in [0.1, 0.15) is 48.3 Å². The van der Waals surface area contributed by atoms with Gasteiger partial charge in [0.1, 0.15) is 22.4 Å². The molecule has 1 aromatic carbocycles. The molecule has 9 heteroatoms. The highest BCUT2D eigenvalue weighted by Gasteiger charge is 2.31. The lowest BCUT2D eigenvalue weighted by molar-refractivity contribution is -0.137. The van der Waals surface area contributed by atoms with Gasteiger partial charge in [-0.1, -0.05) is 47.7 Å². The molecular weight excluding hydrogens is 436 g/mol. The highest BCUT2D eigenvalue weighted by molar-refractivity contribution is 8.26. The summed E-state index contributed by atoms with van der Waals surface area (Å²) in [4.78, 5) is 25.4. The number of carboxylic acids is 1. The molecule has 1 aromatic heterocycles. The Kier molecular flexibility index (Phi) is 7.86. The van der Waals surface area contributed by atoms with Crippen LogP contribution in [-0.4, -0.2) is 37.9 Å². The van der Waals surface area contributed by atoms with E-state index in [4.69, 9.17) is 26.6 Å². The third-order valence-corrected chi connectivity index (χ3v) is 6.27. The van der Waals surface area contributed by atoms with Crippen molar-refractivity contribution < 1.29 is 24.0 Å². The lowest BCUT2D eigenvalue weighted by Crippen LogP contribution is -2.29. The van der Waals surface area contributed by atoms with Crippen LogP contribution in [0.3, 0.4) is 0 Å². The van der Waals surface area contributed by atoms with Crippen LogP contribution >= 0.6 is 24.0 Å². The van der Waals surface area contributed by atoms with Gasteiger partial charge in [0.05, 0.1) is 16.2 Å². The SMILES string of the molecule is Cc1noc(C)c1COc1ccc(/C=C2\SC(=S)N(CCCCCC(=O)O)C2=O)cc1. The number of carbonyl (C=O) groups excluding carboxylic acids is 1. The van der Waals surface area contributed by atoms with Gasteiger partial charge in [-0.15, -0.1) is 0 Å². The van der Waals surface area contributed by atoms with E-state index in [9.17, 15) is 9.59 Å². The third kappa shape index (κ3) is 6.18. The number of nitrogens with zero attached hydrogens (tertiary/aromatic N) is 2. The van der Waals surface area contributed by atoms with Gasteiger partial charge in [-0.3, -0.25) is 14.5 Å². The molecule has 1 amide bonds. The molecule has 1 aliphatic rings. The Morgan fingerprint density at radius 3 is 2.65 bits per heavy atom. The molecule has 31 heavy (non-hydrogen) atoms. The number of thioether (sulfide) groups is 1. The van der Waals surface area contributed by atoms with Gasteiger partial charge in [0, 0.05) is 13.0 Å². The number of benzene rings is 1. The number of amides is 1. The third-order valence-electron chi connectivity index (χ3n) is 4.89. The highest BCUT2D eigenvalue weighted by Crippen LogP contribution is 2.33. The number of aryl methyl sites for hydroxylation is 2. The number of unbranched alkanes of at least 4 members (excludes halogenated alkanes) is 2. The van der Waals surface area contributed by atoms with E-state index < -0.39 is 5.97 Å². The zero-order chi connectivity index (χ0) is 22.4. The zero-order valence-corrected chi connectivity index (χ0v) is 19.1. The molecule has 1 N–H and O–H groups in total. The first-order valence-electron chi connectivity index (χ1n) is 9.97. The predicted octanol–water partition coefficient (Wildman–Crippen LogP) is 4.72. The standard InChI is InChI=1S/C22H24N2O5S2/c1-14-18(15(2)29-23-14)13-28-17-9-7-16(8-10-17)12-19-21(27)24(22(30)31-19)11-5-3-4-6-20(25)26/h7-10,12H,3-6,11,13H2,1-2H3,(H,25,26)/b19-12-. The average Bonchev–Trinajstić information content (AvgIpc) is 3.19. The fourth-order valence-corrected chi connectivity index (χ4v) is 4.40. The lowest BCUT2D eigenvalue weighted by Gasteiger charge is -2.13. The molecule has 1 fully saturated rings. The average molecular weight is 461 g/mol. The number of hydrogen-bond donors (Lipinski definition) is 1. The minimum atomic E-state index is -0.798. The predicted molar refractivity (Wildman–Crippen MR) is 123 cm³/mol. The van der Waals surface area contributed by atoms with E-state index in [1.807, 2.05) is 44.2 Å². The van der Waals surface area contributed by atoms with Crippen molar-refractivity contribution in [3.05, 3.63) is 51.8 Å². The van der Waals surface area contributed by atoms with Crippen molar-refractivity contribution in [1.82, 2.24) is 10.1 Å². The molecule has 3 rings (SSSR count). The van der Waals surface area contributed by atoms with E-state index in [2.05, 4.69) is 5.16 Å². The largest absolute Gasteiger partial charge is 0.489 e. The van der Waals surface area contributed by atoms with Gasteiger partial charge in [0.15, 0.2) is 0 Å². The first-order chi connectivity index (χ1) is 14.8. The summed E-state index contributed by atoms with van der Waals surface area (Å²) in [5.41, 5.74) is 2.64. The fourth-order valence-electron chi connectivity index (χ4n) is 3.09. The van der Waals surface area contributed by atoms with Crippen molar-refractivity contribution in [2.24, 2.45) is 0 Å². The lowest BCUT2D eigenvalue weighted by atomic mass is 10.2. The van der Waals surface area contributed by atoms with Gasteiger partial charge in [-0.2, -0.15) is 0 Å². The van der Waals surface area contributed by atoms with Crippen LogP contribution in [0.2, 0.25) is 0 Å². The molecular formula is C22H24N2O5S2. The number of carbonyl (C=O) groups is 2. The number of thiocarbonyl (C=S) groups is 1. The smallest absolute Gasteiger partial charge is 0.303 e. The van der Waals surface area contributed by atoms with Crippen molar-refractivity contribution in [2.45, 2.75) is 46.1 Å². The van der Waals surface area contributed by atoms with Crippen LogP contribution in [-0.2, 0) is 16.2 Å². The van der Waals surface area contributed by atoms with Crippen molar-refractivity contribution in [2.75, 3.05) is 6.54 Å². The van der Waals surface area contributed by atoms with E-state index >= 15 is 0 Å². The summed E-state index contributed by atoms with van der Waals surface area (Å²) in [6, 6.07) is 7.49. The Hall–Kier alpha value is -2.65. The molecule has 0 atom stereocenters. The number of aromatic nitrogens is 1. The quantitative estimate of drug-likeness (QED) is 0.309. The van der Waals surface area contributed by atoms with Gasteiger partial charge < -0.3 is 14.4 Å². The Balaban J connectivity index is 1.54. The van der Waals surface area contributed by atoms with E-state index in [1.165, 1.54) is 11.8 Å². The molecule has 1 aliphatic heterocycles. The maximum atomic E-state index is 12.7. The number of ether oxygens (including phenoxy) is 1. The van der Waals surface area contributed by atoms with Crippen LogP contribution in [0.15, 0.2) is 33.7 Å². The number of rotatable bonds is 10. The maximum absolute atomic E-state index is 12.7. The Labute approximate surface area is 190 Å². The van der Waals surface area contributed by atoms with Crippen molar-refractivity contribution in [3.63, 3.8) is 0 Å². The molecule has 0 aliphatic carbocycles. The van der Waals surface area contributed by atoms with Gasteiger partial charge >= 0.3 is 5.97 Å². The monoisotopic (exact) mass is 460 g/mol. The summed E-state index contributed by atoms with van der Waals surface area (Å²) in [5.74, 6) is 0.560. The molecule has 2 aromatic rings. The van der Waals surface area contributed by atoms with Crippen molar-refractivity contribution in [1.29, 1.82) is 0 Å². The second kappa shape index (κ2) is 10.6. The maximum Gasteiger partial charge on any atom is 0.303 e. The van der Waals surface area contributed by atoms with Gasteiger partial charge in [0.2, 0.25) is 0 Å². The molecule has 0 spiro atoms. The molecule has 164 valence electrons. The summed E-state index contributed by atoms with van der Waals surface area (Å²) in [7, 11) is 0. The number of carboxylic acid groups (broad SMARTS) is 1. The zero-order valence-electron chi connectivity index (χ0n) is 17.4. The summed E-state index contributed by atoms with van der Waals surface area (Å²) in [6.45, 7) is 4.63. The van der Waals surface area contributed by atoms with E-state index in [1.54, 1.807) is 4.90 Å². The van der Waals surface area contributed by atoms with Crippen LogP contribution in [0.4, 0.5) is 0 Å². The van der Waals surface area contributed by atoms with Gasteiger partial charge in [-0.05, 0) is 50.5 Å². The second-order valence-electron chi connectivity index (χ2n) is 7.20. The summed E-state index contributed by atoms with van der Waals surface area (Å²) in [5, 5.41) is 12.6. The highest BCUT2D eigenvalue weighted by atomic mass is 32.2. The first-order valence-corrected chi connectivity index (χ1v) is 11.2. The van der Waals surface area contributed by atoms with E-state index in [0.717, 1.165) is 35.4 Å². The number of hydrogen-bond acceptors (Lipinski definition) is 7. The molecule has 0 bridgehead atoms. The summed E-state index contributed by atoms with van der Waals surface area (Å²) < 4.78 is 11.5. The Morgan fingerprint density at radius 2 is 2.00 bits per heavy atom. The van der Waals surface area contributed by atoms with Crippen LogP contribution in [0, 0.1) is 13.8 Å². The van der Waals surface area contributed by atoms with E-state index in [0.29, 0.717) is 34.5 Å². The number of aliphatic carboxylic acids is 1. The van der Waals surface area contributed by atoms with Crippen LogP contribution < -0.4 is 4.74 Å². The van der Waals surface area contributed by atoms with Crippen molar-refractivity contribution >= 4 is 46.3 Å². The molecule has 0 saturated carbocycles. The Bertz CT molecular complexity index is 978. The molecule has 1 saturated heterocycles. The van der Waals surface area contributed by atoms with E-state index in [-0.39, 0.29) is 12.3 Å². The second-order valence-corrected chi connectivity index (χ2v) is 8.87. The first kappa shape index (κ1) is 23.0. The van der Waals surface area contributed by atoms with Gasteiger partial charge in [0.25, 0.3) is 5.91 Å².